The lowest BCUT2D eigenvalue weighted by atomic mass is 10.3. The Morgan fingerprint density at radius 1 is 1.24 bits per heavy atom. The SMILES string of the molecule is Cn1cccc1CN(C(=O)CSc1ccccc1)C1CC1. The Labute approximate surface area is 130 Å². The molecule has 0 N–H and O–H groups in total. The number of aryl methyl sites for hydroxylation is 1. The van der Waals surface area contributed by atoms with Gasteiger partial charge in [0.2, 0.25) is 5.91 Å². The van der Waals surface area contributed by atoms with E-state index in [-0.39, 0.29) is 5.91 Å². The zero-order chi connectivity index (χ0) is 14.7. The predicted octanol–water partition coefficient (Wildman–Crippen LogP) is 3.31. The number of hydrogen-bond donors (Lipinski definition) is 0. The van der Waals surface area contributed by atoms with Gasteiger partial charge in [0.05, 0.1) is 12.3 Å². The molecule has 1 aromatic heterocycles. The van der Waals surface area contributed by atoms with Crippen molar-refractivity contribution in [1.82, 2.24) is 9.47 Å². The molecule has 1 fully saturated rings. The molecule has 1 amide bonds. The van der Waals surface area contributed by atoms with Crippen LogP contribution < -0.4 is 0 Å². The molecule has 2 aromatic rings. The summed E-state index contributed by atoms with van der Waals surface area (Å²) in [5.41, 5.74) is 1.19. The molecule has 1 aromatic carbocycles. The van der Waals surface area contributed by atoms with Gasteiger partial charge in [0.25, 0.3) is 0 Å². The summed E-state index contributed by atoms with van der Waals surface area (Å²) < 4.78 is 2.09. The highest BCUT2D eigenvalue weighted by atomic mass is 32.2. The van der Waals surface area contributed by atoms with Gasteiger partial charge in [-0.2, -0.15) is 0 Å². The third kappa shape index (κ3) is 3.70. The van der Waals surface area contributed by atoms with Gasteiger partial charge in [-0.15, -0.1) is 11.8 Å². The second kappa shape index (κ2) is 6.39. The Morgan fingerprint density at radius 2 is 2.00 bits per heavy atom. The topological polar surface area (TPSA) is 25.2 Å². The van der Waals surface area contributed by atoms with Crippen LogP contribution in [0.15, 0.2) is 53.6 Å². The van der Waals surface area contributed by atoms with E-state index in [0.717, 1.165) is 24.3 Å². The van der Waals surface area contributed by atoms with E-state index >= 15 is 0 Å². The maximum absolute atomic E-state index is 12.5. The first kappa shape index (κ1) is 14.3. The van der Waals surface area contributed by atoms with E-state index in [2.05, 4.69) is 22.8 Å². The molecule has 1 heterocycles. The van der Waals surface area contributed by atoms with Gasteiger partial charge in [-0.1, -0.05) is 18.2 Å². The zero-order valence-electron chi connectivity index (χ0n) is 12.2. The van der Waals surface area contributed by atoms with Crippen LogP contribution in [0.2, 0.25) is 0 Å². The number of benzene rings is 1. The summed E-state index contributed by atoms with van der Waals surface area (Å²) in [5, 5.41) is 0. The van der Waals surface area contributed by atoms with Crippen molar-refractivity contribution in [2.45, 2.75) is 30.3 Å². The van der Waals surface area contributed by atoms with E-state index < -0.39 is 0 Å². The molecule has 3 rings (SSSR count). The van der Waals surface area contributed by atoms with Crippen molar-refractivity contribution >= 4 is 17.7 Å². The van der Waals surface area contributed by atoms with Crippen molar-refractivity contribution in [3.8, 4) is 0 Å². The smallest absolute Gasteiger partial charge is 0.233 e. The van der Waals surface area contributed by atoms with Gasteiger partial charge in [-0.05, 0) is 37.1 Å². The van der Waals surface area contributed by atoms with E-state index in [4.69, 9.17) is 0 Å². The van der Waals surface area contributed by atoms with Crippen molar-refractivity contribution in [2.24, 2.45) is 7.05 Å². The molecule has 1 aliphatic carbocycles. The summed E-state index contributed by atoms with van der Waals surface area (Å²) in [6, 6.07) is 14.7. The average Bonchev–Trinajstić information content (AvgIpc) is 3.27. The fourth-order valence-corrected chi connectivity index (χ4v) is 3.19. The Kier molecular flexibility index (Phi) is 4.34. The van der Waals surface area contributed by atoms with Crippen molar-refractivity contribution in [1.29, 1.82) is 0 Å². The number of aromatic nitrogens is 1. The van der Waals surface area contributed by atoms with Gasteiger partial charge in [-0.25, -0.2) is 0 Å². The van der Waals surface area contributed by atoms with Gasteiger partial charge in [0, 0.05) is 29.9 Å². The van der Waals surface area contributed by atoms with Crippen LogP contribution in [-0.4, -0.2) is 27.2 Å². The van der Waals surface area contributed by atoms with Crippen LogP contribution in [0.3, 0.4) is 0 Å². The molecule has 4 heteroatoms. The molecule has 110 valence electrons. The van der Waals surface area contributed by atoms with Crippen molar-refractivity contribution < 1.29 is 4.79 Å². The summed E-state index contributed by atoms with van der Waals surface area (Å²) in [6.07, 6.45) is 4.32. The van der Waals surface area contributed by atoms with Crippen LogP contribution >= 0.6 is 11.8 Å². The monoisotopic (exact) mass is 300 g/mol. The minimum absolute atomic E-state index is 0.243. The first-order valence-corrected chi connectivity index (χ1v) is 8.30. The molecule has 0 aliphatic heterocycles. The molecule has 3 nitrogen and oxygen atoms in total. The normalized spacial score (nSPS) is 14.1. The Hall–Kier alpha value is -1.68. The zero-order valence-corrected chi connectivity index (χ0v) is 13.1. The van der Waals surface area contributed by atoms with Crippen molar-refractivity contribution in [3.63, 3.8) is 0 Å². The Morgan fingerprint density at radius 3 is 2.62 bits per heavy atom. The highest BCUT2D eigenvalue weighted by Crippen LogP contribution is 2.29. The average molecular weight is 300 g/mol. The fraction of sp³-hybridized carbons (Fsp3) is 0.353. The number of rotatable bonds is 6. The maximum Gasteiger partial charge on any atom is 0.233 e. The van der Waals surface area contributed by atoms with Crippen LogP contribution in [0.25, 0.3) is 0 Å². The number of nitrogens with zero attached hydrogens (tertiary/aromatic N) is 2. The Balaban J connectivity index is 1.61. The third-order valence-corrected chi connectivity index (χ3v) is 4.79. The van der Waals surface area contributed by atoms with Crippen LogP contribution in [0.4, 0.5) is 0 Å². The molecule has 21 heavy (non-hydrogen) atoms. The lowest BCUT2D eigenvalue weighted by molar-refractivity contribution is -0.129. The summed E-state index contributed by atoms with van der Waals surface area (Å²) in [7, 11) is 2.03. The lowest BCUT2D eigenvalue weighted by Crippen LogP contribution is -2.34. The van der Waals surface area contributed by atoms with E-state index in [0.29, 0.717) is 11.8 Å². The molecular weight excluding hydrogens is 280 g/mol. The second-order valence-electron chi connectivity index (χ2n) is 5.46. The van der Waals surface area contributed by atoms with Crippen LogP contribution in [0.1, 0.15) is 18.5 Å². The number of hydrogen-bond acceptors (Lipinski definition) is 2. The van der Waals surface area contributed by atoms with Gasteiger partial charge < -0.3 is 9.47 Å². The number of carbonyl (C=O) groups is 1. The number of carbonyl (C=O) groups excluding carboxylic acids is 1. The third-order valence-electron chi connectivity index (χ3n) is 3.80. The van der Waals surface area contributed by atoms with Crippen LogP contribution in [-0.2, 0) is 18.4 Å². The molecule has 0 bridgehead atoms. The van der Waals surface area contributed by atoms with Crippen molar-refractivity contribution in [2.75, 3.05) is 5.75 Å². The molecule has 0 radical (unpaired) electrons. The molecule has 0 saturated heterocycles. The summed E-state index contributed by atoms with van der Waals surface area (Å²) in [5.74, 6) is 0.762. The standard InChI is InChI=1S/C17H20N2OS/c1-18-11-5-6-15(18)12-19(14-9-10-14)17(20)13-21-16-7-3-2-4-8-16/h2-8,11,14H,9-10,12-13H2,1H3. The van der Waals surface area contributed by atoms with Gasteiger partial charge in [0.1, 0.15) is 0 Å². The molecule has 0 atom stereocenters. The van der Waals surface area contributed by atoms with E-state index in [1.54, 1.807) is 11.8 Å². The quantitative estimate of drug-likeness (QED) is 0.765. The first-order valence-electron chi connectivity index (χ1n) is 7.31. The molecule has 0 spiro atoms. The Bertz CT molecular complexity index is 604. The molecular formula is C17H20N2OS. The molecule has 1 aliphatic rings. The first-order chi connectivity index (χ1) is 10.2. The van der Waals surface area contributed by atoms with Gasteiger partial charge >= 0.3 is 0 Å². The highest BCUT2D eigenvalue weighted by molar-refractivity contribution is 8.00. The highest BCUT2D eigenvalue weighted by Gasteiger charge is 2.32. The largest absolute Gasteiger partial charge is 0.353 e. The summed E-state index contributed by atoms with van der Waals surface area (Å²) in [6.45, 7) is 0.725. The fourth-order valence-electron chi connectivity index (χ4n) is 2.39. The van der Waals surface area contributed by atoms with E-state index in [1.165, 1.54) is 5.69 Å². The minimum atomic E-state index is 0.243. The van der Waals surface area contributed by atoms with E-state index in [9.17, 15) is 4.79 Å². The predicted molar refractivity (Wildman–Crippen MR) is 86.2 cm³/mol. The number of amides is 1. The molecule has 0 unspecified atom stereocenters. The van der Waals surface area contributed by atoms with Crippen molar-refractivity contribution in [3.05, 3.63) is 54.4 Å². The lowest BCUT2D eigenvalue weighted by Gasteiger charge is -2.22. The summed E-state index contributed by atoms with van der Waals surface area (Å²) in [4.78, 5) is 15.7. The minimum Gasteiger partial charge on any atom is -0.353 e. The van der Waals surface area contributed by atoms with Crippen LogP contribution in [0.5, 0.6) is 0 Å². The number of thioether (sulfide) groups is 1. The van der Waals surface area contributed by atoms with Crippen LogP contribution in [0, 0.1) is 0 Å². The molecule has 1 saturated carbocycles. The van der Waals surface area contributed by atoms with E-state index in [1.807, 2.05) is 42.4 Å². The maximum atomic E-state index is 12.5. The van der Waals surface area contributed by atoms with Gasteiger partial charge in [0.15, 0.2) is 0 Å². The van der Waals surface area contributed by atoms with Gasteiger partial charge in [-0.3, -0.25) is 4.79 Å². The second-order valence-corrected chi connectivity index (χ2v) is 6.51. The summed E-state index contributed by atoms with van der Waals surface area (Å²) >= 11 is 1.62.